The monoisotopic (exact) mass is 399 g/mol. The van der Waals surface area contributed by atoms with Gasteiger partial charge in [-0.05, 0) is 43.9 Å². The van der Waals surface area contributed by atoms with Crippen LogP contribution in [0.4, 0.5) is 18.0 Å². The van der Waals surface area contributed by atoms with Gasteiger partial charge in [-0.3, -0.25) is 4.79 Å². The van der Waals surface area contributed by atoms with Crippen LogP contribution in [-0.2, 0) is 11.0 Å². The van der Waals surface area contributed by atoms with E-state index in [1.54, 1.807) is 13.0 Å². The van der Waals surface area contributed by atoms with Crippen LogP contribution in [0.3, 0.4) is 0 Å². The van der Waals surface area contributed by atoms with E-state index in [1.807, 2.05) is 0 Å². The zero-order chi connectivity index (χ0) is 20.6. The third-order valence-electron chi connectivity index (χ3n) is 4.90. The fourth-order valence-electron chi connectivity index (χ4n) is 3.32. The first-order chi connectivity index (χ1) is 13.3. The van der Waals surface area contributed by atoms with Crippen molar-refractivity contribution in [1.82, 2.24) is 16.0 Å². The first-order valence-electron chi connectivity index (χ1n) is 9.76. The van der Waals surface area contributed by atoms with Crippen LogP contribution < -0.4 is 16.0 Å². The Bertz CT molecular complexity index is 658. The van der Waals surface area contributed by atoms with E-state index in [-0.39, 0.29) is 24.4 Å². The zero-order valence-electron chi connectivity index (χ0n) is 16.1. The highest BCUT2D eigenvalue weighted by Gasteiger charge is 2.30. The maximum absolute atomic E-state index is 12.8. The third kappa shape index (κ3) is 7.40. The van der Waals surface area contributed by atoms with E-state index in [0.717, 1.165) is 37.8 Å². The summed E-state index contributed by atoms with van der Waals surface area (Å²) in [6.07, 6.45) is 1.72. The van der Waals surface area contributed by atoms with E-state index in [2.05, 4.69) is 16.0 Å². The second-order valence-electron chi connectivity index (χ2n) is 7.25. The molecular formula is C20H28F3N3O2. The SMILES string of the molecule is C[C@H](NC(=O)CCCNC(=O)NC1CCCCC1)c1cccc(C(F)(F)F)c1. The van der Waals surface area contributed by atoms with Crippen LogP contribution in [0.2, 0.25) is 0 Å². The molecule has 2 rings (SSSR count). The fourth-order valence-corrected chi connectivity index (χ4v) is 3.32. The number of carbonyl (C=O) groups excluding carboxylic acids is 2. The smallest absolute Gasteiger partial charge is 0.350 e. The number of halogens is 3. The normalized spacial score (nSPS) is 16.3. The van der Waals surface area contributed by atoms with Crippen LogP contribution in [0.5, 0.6) is 0 Å². The summed E-state index contributed by atoms with van der Waals surface area (Å²) < 4.78 is 38.4. The van der Waals surface area contributed by atoms with Gasteiger partial charge in [0.2, 0.25) is 5.91 Å². The highest BCUT2D eigenvalue weighted by atomic mass is 19.4. The van der Waals surface area contributed by atoms with Crippen molar-refractivity contribution >= 4 is 11.9 Å². The summed E-state index contributed by atoms with van der Waals surface area (Å²) >= 11 is 0. The van der Waals surface area contributed by atoms with Gasteiger partial charge in [-0.2, -0.15) is 13.2 Å². The van der Waals surface area contributed by atoms with Gasteiger partial charge in [0.25, 0.3) is 0 Å². The lowest BCUT2D eigenvalue weighted by Crippen LogP contribution is -2.43. The van der Waals surface area contributed by atoms with E-state index < -0.39 is 17.8 Å². The molecular weight excluding hydrogens is 371 g/mol. The molecule has 156 valence electrons. The average Bonchev–Trinajstić information content (AvgIpc) is 2.65. The van der Waals surface area contributed by atoms with Crippen LogP contribution in [0.15, 0.2) is 24.3 Å². The number of benzene rings is 1. The summed E-state index contributed by atoms with van der Waals surface area (Å²) in [4.78, 5) is 23.8. The summed E-state index contributed by atoms with van der Waals surface area (Å²) in [6, 6.07) is 4.41. The van der Waals surface area contributed by atoms with Gasteiger partial charge < -0.3 is 16.0 Å². The lowest BCUT2D eigenvalue weighted by atomic mass is 9.96. The predicted molar refractivity (Wildman–Crippen MR) is 101 cm³/mol. The molecule has 0 bridgehead atoms. The van der Waals surface area contributed by atoms with Gasteiger partial charge in [0.1, 0.15) is 0 Å². The maximum atomic E-state index is 12.8. The molecule has 1 saturated carbocycles. The summed E-state index contributed by atoms with van der Waals surface area (Å²) in [5, 5.41) is 8.37. The second kappa shape index (κ2) is 10.3. The Hall–Kier alpha value is -2.25. The Morgan fingerprint density at radius 2 is 1.89 bits per heavy atom. The van der Waals surface area contributed by atoms with Gasteiger partial charge in [-0.1, -0.05) is 31.4 Å². The van der Waals surface area contributed by atoms with Crippen LogP contribution in [0.25, 0.3) is 0 Å². The molecule has 0 spiro atoms. The molecule has 3 N–H and O–H groups in total. The minimum absolute atomic E-state index is 0.188. The largest absolute Gasteiger partial charge is 0.416 e. The van der Waals surface area contributed by atoms with Gasteiger partial charge in [-0.15, -0.1) is 0 Å². The Morgan fingerprint density at radius 1 is 1.18 bits per heavy atom. The van der Waals surface area contributed by atoms with E-state index >= 15 is 0 Å². The van der Waals surface area contributed by atoms with Crippen molar-refractivity contribution in [3.05, 3.63) is 35.4 Å². The van der Waals surface area contributed by atoms with Crippen LogP contribution in [-0.4, -0.2) is 24.5 Å². The van der Waals surface area contributed by atoms with Gasteiger partial charge in [0, 0.05) is 19.0 Å². The van der Waals surface area contributed by atoms with Gasteiger partial charge >= 0.3 is 12.2 Å². The number of rotatable bonds is 7. The first-order valence-corrected chi connectivity index (χ1v) is 9.76. The zero-order valence-corrected chi connectivity index (χ0v) is 16.1. The Balaban J connectivity index is 1.67. The van der Waals surface area contributed by atoms with Crippen LogP contribution in [0, 0.1) is 0 Å². The van der Waals surface area contributed by atoms with Gasteiger partial charge in [0.15, 0.2) is 0 Å². The summed E-state index contributed by atoms with van der Waals surface area (Å²) in [6.45, 7) is 2.01. The third-order valence-corrected chi connectivity index (χ3v) is 4.90. The molecule has 0 radical (unpaired) electrons. The molecule has 0 saturated heterocycles. The molecule has 3 amide bonds. The molecule has 1 aliphatic carbocycles. The lowest BCUT2D eigenvalue weighted by Gasteiger charge is -2.22. The molecule has 1 atom stereocenters. The highest BCUT2D eigenvalue weighted by molar-refractivity contribution is 5.77. The number of hydrogen-bond donors (Lipinski definition) is 3. The standard InChI is InChI=1S/C20H28F3N3O2/c1-14(15-7-5-8-16(13-15)20(21,22)23)25-18(27)11-6-12-24-19(28)26-17-9-3-2-4-10-17/h5,7-8,13-14,17H,2-4,6,9-12H2,1H3,(H,25,27)(H2,24,26,28)/t14-/m0/s1. The van der Waals surface area contributed by atoms with Crippen molar-refractivity contribution in [2.24, 2.45) is 0 Å². The molecule has 1 aliphatic rings. The highest BCUT2D eigenvalue weighted by Crippen LogP contribution is 2.30. The van der Waals surface area contributed by atoms with Crippen molar-refractivity contribution in [2.75, 3.05) is 6.54 Å². The van der Waals surface area contributed by atoms with Crippen LogP contribution in [0.1, 0.15) is 69.0 Å². The minimum Gasteiger partial charge on any atom is -0.350 e. The number of nitrogens with one attached hydrogen (secondary N) is 3. The number of urea groups is 1. The van der Waals surface area contributed by atoms with E-state index in [9.17, 15) is 22.8 Å². The number of amides is 3. The van der Waals surface area contributed by atoms with Gasteiger partial charge in [0.05, 0.1) is 11.6 Å². The van der Waals surface area contributed by atoms with E-state index in [1.165, 1.54) is 12.5 Å². The molecule has 0 heterocycles. The number of hydrogen-bond acceptors (Lipinski definition) is 2. The van der Waals surface area contributed by atoms with Crippen molar-refractivity contribution in [3.8, 4) is 0 Å². The molecule has 0 aromatic heterocycles. The maximum Gasteiger partial charge on any atom is 0.416 e. The van der Waals surface area contributed by atoms with Crippen LogP contribution >= 0.6 is 0 Å². The molecule has 1 aromatic rings. The summed E-state index contributed by atoms with van der Waals surface area (Å²) in [5.74, 6) is -0.264. The number of alkyl halides is 3. The Labute approximate surface area is 163 Å². The summed E-state index contributed by atoms with van der Waals surface area (Å²) in [7, 11) is 0. The topological polar surface area (TPSA) is 70.2 Å². The minimum atomic E-state index is -4.41. The van der Waals surface area contributed by atoms with Crippen molar-refractivity contribution in [2.45, 2.75) is 70.1 Å². The van der Waals surface area contributed by atoms with E-state index in [0.29, 0.717) is 18.5 Å². The Kier molecular flexibility index (Phi) is 8.14. The van der Waals surface area contributed by atoms with E-state index in [4.69, 9.17) is 0 Å². The molecule has 0 unspecified atom stereocenters. The molecule has 8 heteroatoms. The quantitative estimate of drug-likeness (QED) is 0.599. The predicted octanol–water partition coefficient (Wildman–Crippen LogP) is 4.29. The fraction of sp³-hybridized carbons (Fsp3) is 0.600. The molecule has 1 aromatic carbocycles. The average molecular weight is 399 g/mol. The molecule has 1 fully saturated rings. The number of carbonyl (C=O) groups is 2. The van der Waals surface area contributed by atoms with Gasteiger partial charge in [-0.25, -0.2) is 4.79 Å². The second-order valence-corrected chi connectivity index (χ2v) is 7.25. The molecule has 0 aliphatic heterocycles. The Morgan fingerprint density at radius 3 is 2.57 bits per heavy atom. The summed E-state index contributed by atoms with van der Waals surface area (Å²) in [5.41, 5.74) is -0.340. The van der Waals surface area contributed by atoms with Crippen molar-refractivity contribution in [1.29, 1.82) is 0 Å². The van der Waals surface area contributed by atoms with Crippen molar-refractivity contribution in [3.63, 3.8) is 0 Å². The molecule has 5 nitrogen and oxygen atoms in total. The van der Waals surface area contributed by atoms with Crippen molar-refractivity contribution < 1.29 is 22.8 Å². The molecule has 28 heavy (non-hydrogen) atoms. The lowest BCUT2D eigenvalue weighted by molar-refractivity contribution is -0.137. The first kappa shape index (κ1) is 22.0.